The first-order valence-electron chi connectivity index (χ1n) is 11.7. The van der Waals surface area contributed by atoms with Gasteiger partial charge in [0.2, 0.25) is 5.91 Å². The molecule has 1 saturated carbocycles. The molecule has 1 rings (SSSR count). The summed E-state index contributed by atoms with van der Waals surface area (Å²) in [5.74, 6) is -1.94. The van der Waals surface area contributed by atoms with E-state index in [0.717, 1.165) is 19.3 Å². The number of rotatable bonds is 14. The smallest absolute Gasteiger partial charge is 0.330 e. The van der Waals surface area contributed by atoms with Gasteiger partial charge in [-0.25, -0.2) is 9.59 Å². The van der Waals surface area contributed by atoms with Gasteiger partial charge in [0, 0.05) is 26.1 Å². The largest absolute Gasteiger partial charge is 0.479 e. The molecule has 1 aliphatic carbocycles. The van der Waals surface area contributed by atoms with E-state index in [1.807, 2.05) is 6.08 Å². The quantitative estimate of drug-likeness (QED) is 0.198. The molecule has 0 bridgehead atoms. The van der Waals surface area contributed by atoms with E-state index in [1.54, 1.807) is 13.1 Å². The summed E-state index contributed by atoms with van der Waals surface area (Å²) in [4.78, 5) is 39.1. The van der Waals surface area contributed by atoms with Crippen molar-refractivity contribution in [3.63, 3.8) is 0 Å². The van der Waals surface area contributed by atoms with Crippen molar-refractivity contribution in [1.29, 1.82) is 0 Å². The van der Waals surface area contributed by atoms with Crippen LogP contribution in [0, 0.1) is 5.92 Å². The molecule has 0 aromatic carbocycles. The third-order valence-electron chi connectivity index (χ3n) is 6.82. The molecule has 8 nitrogen and oxygen atoms in total. The minimum Gasteiger partial charge on any atom is -0.479 e. The molecule has 188 valence electrons. The fourth-order valence-corrected chi connectivity index (χ4v) is 4.30. The Morgan fingerprint density at radius 1 is 1.27 bits per heavy atom. The van der Waals surface area contributed by atoms with E-state index in [2.05, 4.69) is 57.7 Å². The Kier molecular flexibility index (Phi) is 10.4. The van der Waals surface area contributed by atoms with Crippen LogP contribution in [-0.4, -0.2) is 68.0 Å². The van der Waals surface area contributed by atoms with Crippen LogP contribution in [0.4, 0.5) is 4.79 Å². The lowest BCUT2D eigenvalue weighted by atomic mass is 10.1. The summed E-state index contributed by atoms with van der Waals surface area (Å²) in [5.41, 5.74) is -1.35. The van der Waals surface area contributed by atoms with Gasteiger partial charge in [-0.3, -0.25) is 4.79 Å². The fraction of sp³-hybridized carbons (Fsp3) is 0.708. The lowest BCUT2D eigenvalue weighted by Gasteiger charge is -2.36. The van der Waals surface area contributed by atoms with Crippen molar-refractivity contribution in [2.24, 2.45) is 5.92 Å². The molecular weight excluding hydrogens is 438 g/mol. The highest BCUT2D eigenvalue weighted by Gasteiger charge is 2.60. The number of nitrogens with zero attached hydrogens (tertiary/aromatic N) is 1. The second kappa shape index (κ2) is 11.8. The Labute approximate surface area is 200 Å². The highest BCUT2D eigenvalue weighted by molar-refractivity contribution is 6.74. The summed E-state index contributed by atoms with van der Waals surface area (Å²) >= 11 is 0. The van der Waals surface area contributed by atoms with E-state index < -0.39 is 31.8 Å². The lowest BCUT2D eigenvalue weighted by Crippen LogP contribution is -2.56. The van der Waals surface area contributed by atoms with E-state index in [0.29, 0.717) is 19.6 Å². The standard InChI is InChI=1S/C24H43N3O5Si/c1-9-11-12-13-15-27(6)22(31)25-19(14-16-32-33(7,8)23(3,4)5)20(28)26-24(21(29)30)17-18(24)10-2/h9-10,18-19H,1-2,11-17H2,3-8H3,(H,25,31)(H,26,28)(H,29,30)/t18?,19-,24?/m0/s1. The number of aliphatic carboxylic acids is 1. The van der Waals surface area contributed by atoms with Crippen molar-refractivity contribution < 1.29 is 23.9 Å². The van der Waals surface area contributed by atoms with Crippen molar-refractivity contribution >= 4 is 26.2 Å². The average Bonchev–Trinajstić information content (AvgIpc) is 3.43. The number of hydrogen-bond acceptors (Lipinski definition) is 4. The van der Waals surface area contributed by atoms with Gasteiger partial charge in [0.25, 0.3) is 0 Å². The molecule has 9 heteroatoms. The van der Waals surface area contributed by atoms with E-state index in [-0.39, 0.29) is 23.4 Å². The molecule has 1 aliphatic rings. The zero-order chi connectivity index (χ0) is 25.4. The molecule has 2 unspecified atom stereocenters. The molecule has 0 aliphatic heterocycles. The summed E-state index contributed by atoms with van der Waals surface area (Å²) in [6.07, 6.45) is 6.56. The van der Waals surface area contributed by atoms with Crippen molar-refractivity contribution in [1.82, 2.24) is 15.5 Å². The first kappa shape index (κ1) is 28.9. The number of unbranched alkanes of at least 4 members (excludes halogenated alkanes) is 2. The van der Waals surface area contributed by atoms with Gasteiger partial charge in [0.15, 0.2) is 8.32 Å². The van der Waals surface area contributed by atoms with Crippen molar-refractivity contribution in [3.8, 4) is 0 Å². The molecule has 0 saturated heterocycles. The molecule has 0 spiro atoms. The molecule has 3 atom stereocenters. The number of carbonyl (C=O) groups excluding carboxylic acids is 2. The zero-order valence-corrected chi connectivity index (χ0v) is 22.2. The fourth-order valence-electron chi connectivity index (χ4n) is 3.24. The highest BCUT2D eigenvalue weighted by atomic mass is 28.4. The molecule has 3 amide bonds. The summed E-state index contributed by atoms with van der Waals surface area (Å²) in [6.45, 7) is 18.8. The third kappa shape index (κ3) is 7.99. The van der Waals surface area contributed by atoms with Crippen LogP contribution < -0.4 is 10.6 Å². The first-order chi connectivity index (χ1) is 15.2. The molecule has 0 aromatic rings. The molecular formula is C24H43N3O5Si. The zero-order valence-electron chi connectivity index (χ0n) is 21.2. The molecule has 0 aromatic heterocycles. The molecule has 0 radical (unpaired) electrons. The van der Waals surface area contributed by atoms with Gasteiger partial charge in [-0.05, 0) is 50.2 Å². The van der Waals surface area contributed by atoms with Gasteiger partial charge in [-0.1, -0.05) is 32.9 Å². The Balaban J connectivity index is 2.86. The first-order valence-corrected chi connectivity index (χ1v) is 14.6. The number of carboxylic acid groups (broad SMARTS) is 1. The molecule has 0 heterocycles. The summed E-state index contributed by atoms with van der Waals surface area (Å²) in [5, 5.41) is 15.1. The van der Waals surface area contributed by atoms with Crippen LogP contribution in [0.25, 0.3) is 0 Å². The number of carbonyl (C=O) groups is 3. The SMILES string of the molecule is C=CCCCCN(C)C(=O)N[C@@H](CCO[Si](C)(C)C(C)(C)C)C(=O)NC1(C(=O)O)CC1C=C. The van der Waals surface area contributed by atoms with E-state index in [4.69, 9.17) is 4.43 Å². The maximum absolute atomic E-state index is 13.1. The summed E-state index contributed by atoms with van der Waals surface area (Å²) in [6, 6.07) is -1.28. The van der Waals surface area contributed by atoms with Gasteiger partial charge in [0.1, 0.15) is 11.6 Å². The Bertz CT molecular complexity index is 734. The minimum absolute atomic E-state index is 0.0121. The van der Waals surface area contributed by atoms with Crippen molar-refractivity contribution in [2.45, 2.75) is 82.6 Å². The molecule has 33 heavy (non-hydrogen) atoms. The predicted molar refractivity (Wildman–Crippen MR) is 134 cm³/mol. The van der Waals surface area contributed by atoms with Crippen LogP contribution in [0.15, 0.2) is 25.3 Å². The number of amides is 3. The number of urea groups is 1. The Hall–Kier alpha value is -2.13. The van der Waals surface area contributed by atoms with Gasteiger partial charge in [-0.2, -0.15) is 0 Å². The molecule has 3 N–H and O–H groups in total. The van der Waals surface area contributed by atoms with Crippen LogP contribution in [0.3, 0.4) is 0 Å². The van der Waals surface area contributed by atoms with Crippen LogP contribution in [-0.2, 0) is 14.0 Å². The second-order valence-corrected chi connectivity index (χ2v) is 15.2. The lowest BCUT2D eigenvalue weighted by molar-refractivity contribution is -0.143. The maximum atomic E-state index is 13.1. The van der Waals surface area contributed by atoms with Crippen molar-refractivity contribution in [3.05, 3.63) is 25.3 Å². The monoisotopic (exact) mass is 481 g/mol. The number of hydrogen-bond donors (Lipinski definition) is 3. The van der Waals surface area contributed by atoms with Crippen LogP contribution in [0.1, 0.15) is 52.9 Å². The number of nitrogens with one attached hydrogen (secondary N) is 2. The Morgan fingerprint density at radius 2 is 1.91 bits per heavy atom. The minimum atomic E-state index is -2.03. The van der Waals surface area contributed by atoms with Gasteiger partial charge in [0.05, 0.1) is 0 Å². The number of allylic oxidation sites excluding steroid dienone is 1. The number of carboxylic acids is 1. The topological polar surface area (TPSA) is 108 Å². The summed E-state index contributed by atoms with van der Waals surface area (Å²) in [7, 11) is -0.355. The Morgan fingerprint density at radius 3 is 2.39 bits per heavy atom. The maximum Gasteiger partial charge on any atom is 0.330 e. The van der Waals surface area contributed by atoms with Gasteiger partial charge < -0.3 is 25.1 Å². The van der Waals surface area contributed by atoms with E-state index in [1.165, 1.54) is 4.90 Å². The van der Waals surface area contributed by atoms with Crippen LogP contribution >= 0.6 is 0 Å². The van der Waals surface area contributed by atoms with Gasteiger partial charge >= 0.3 is 12.0 Å². The van der Waals surface area contributed by atoms with Crippen LogP contribution in [0.5, 0.6) is 0 Å². The second-order valence-electron chi connectivity index (χ2n) is 10.4. The third-order valence-corrected chi connectivity index (χ3v) is 11.4. The van der Waals surface area contributed by atoms with E-state index in [9.17, 15) is 19.5 Å². The van der Waals surface area contributed by atoms with Crippen LogP contribution in [0.2, 0.25) is 18.1 Å². The summed E-state index contributed by atoms with van der Waals surface area (Å²) < 4.78 is 6.20. The van der Waals surface area contributed by atoms with E-state index >= 15 is 0 Å². The predicted octanol–water partition coefficient (Wildman–Crippen LogP) is 3.91. The highest BCUT2D eigenvalue weighted by Crippen LogP contribution is 2.44. The molecule has 1 fully saturated rings. The van der Waals surface area contributed by atoms with Gasteiger partial charge in [-0.15, -0.1) is 13.2 Å². The van der Waals surface area contributed by atoms with Crippen molar-refractivity contribution in [2.75, 3.05) is 20.2 Å². The average molecular weight is 482 g/mol. The normalized spacial score (nSPS) is 21.0.